The van der Waals surface area contributed by atoms with E-state index in [1.54, 1.807) is 0 Å². The fourth-order valence-corrected chi connectivity index (χ4v) is 4.44. The number of nitrogens with zero attached hydrogens (tertiary/aromatic N) is 1. The predicted octanol–water partition coefficient (Wildman–Crippen LogP) is 4.06. The molecule has 2 fully saturated rings. The summed E-state index contributed by atoms with van der Waals surface area (Å²) in [5.41, 5.74) is 2.76. The molecule has 1 aromatic rings. The van der Waals surface area contributed by atoms with E-state index in [0.717, 1.165) is 37.4 Å². The summed E-state index contributed by atoms with van der Waals surface area (Å²) in [5, 5.41) is 3.69. The molecule has 1 N–H and O–H groups in total. The van der Waals surface area contributed by atoms with E-state index in [1.165, 1.54) is 43.5 Å². The van der Waals surface area contributed by atoms with Crippen LogP contribution in [0.3, 0.4) is 0 Å². The lowest BCUT2D eigenvalue weighted by atomic mass is 9.89. The molecule has 0 heterocycles. The molecule has 0 amide bonds. The van der Waals surface area contributed by atoms with Crippen LogP contribution in [0, 0.1) is 17.8 Å². The number of hydrogen-bond acceptors (Lipinski definition) is 2. The molecule has 2 saturated carbocycles. The Hall–Kier alpha value is -1.02. The van der Waals surface area contributed by atoms with Crippen molar-refractivity contribution in [3.05, 3.63) is 29.8 Å². The van der Waals surface area contributed by atoms with Gasteiger partial charge in [-0.2, -0.15) is 0 Å². The first-order valence-electron chi connectivity index (χ1n) is 8.84. The summed E-state index contributed by atoms with van der Waals surface area (Å²) in [6, 6.07) is 9.09. The summed E-state index contributed by atoms with van der Waals surface area (Å²) in [6.45, 7) is 8.84. The number of fused-ring (bicyclic) bond motifs is 2. The third kappa shape index (κ3) is 3.42. The van der Waals surface area contributed by atoms with Crippen molar-refractivity contribution in [3.8, 4) is 0 Å². The quantitative estimate of drug-likeness (QED) is 0.813. The van der Waals surface area contributed by atoms with Crippen LogP contribution >= 0.6 is 0 Å². The van der Waals surface area contributed by atoms with Crippen molar-refractivity contribution in [1.29, 1.82) is 0 Å². The molecule has 3 atom stereocenters. The van der Waals surface area contributed by atoms with Gasteiger partial charge >= 0.3 is 0 Å². The van der Waals surface area contributed by atoms with Gasteiger partial charge in [0.1, 0.15) is 0 Å². The van der Waals surface area contributed by atoms with Gasteiger partial charge in [-0.3, -0.25) is 0 Å². The summed E-state index contributed by atoms with van der Waals surface area (Å²) in [6.07, 6.45) is 6.01. The molecule has 21 heavy (non-hydrogen) atoms. The Balaban J connectivity index is 1.45. The van der Waals surface area contributed by atoms with Crippen LogP contribution in [0.5, 0.6) is 0 Å². The number of hydrogen-bond donors (Lipinski definition) is 1. The maximum absolute atomic E-state index is 3.69. The molecule has 2 aliphatic rings. The van der Waals surface area contributed by atoms with E-state index in [4.69, 9.17) is 0 Å². The second-order valence-electron chi connectivity index (χ2n) is 6.90. The molecule has 3 rings (SSSR count). The molecule has 1 aromatic carbocycles. The summed E-state index contributed by atoms with van der Waals surface area (Å²) >= 11 is 0. The SMILES string of the molecule is CCN(CC)c1ccc(CNCC2CC3CCC2C3)cc1. The van der Waals surface area contributed by atoms with Crippen LogP contribution in [0.1, 0.15) is 45.1 Å². The molecule has 0 spiro atoms. The van der Waals surface area contributed by atoms with Crippen LogP contribution in [0.15, 0.2) is 24.3 Å². The van der Waals surface area contributed by atoms with Gasteiger partial charge in [0.05, 0.1) is 0 Å². The van der Waals surface area contributed by atoms with Crippen LogP contribution < -0.4 is 10.2 Å². The van der Waals surface area contributed by atoms with E-state index >= 15 is 0 Å². The molecule has 2 bridgehead atoms. The lowest BCUT2D eigenvalue weighted by Gasteiger charge is -2.22. The molecule has 0 aromatic heterocycles. The maximum atomic E-state index is 3.69. The third-order valence-electron chi connectivity index (χ3n) is 5.69. The summed E-state index contributed by atoms with van der Waals surface area (Å²) in [5.74, 6) is 3.06. The van der Waals surface area contributed by atoms with Crippen molar-refractivity contribution in [2.45, 2.75) is 46.1 Å². The van der Waals surface area contributed by atoms with Crippen molar-refractivity contribution < 1.29 is 0 Å². The van der Waals surface area contributed by atoms with Gasteiger partial charge in [-0.1, -0.05) is 18.6 Å². The molecule has 3 unspecified atom stereocenters. The Morgan fingerprint density at radius 3 is 2.38 bits per heavy atom. The summed E-state index contributed by atoms with van der Waals surface area (Å²) in [7, 11) is 0. The fraction of sp³-hybridized carbons (Fsp3) is 0.684. The van der Waals surface area contributed by atoms with Crippen LogP contribution in [-0.2, 0) is 6.54 Å². The third-order valence-corrected chi connectivity index (χ3v) is 5.69. The zero-order chi connectivity index (χ0) is 14.7. The first-order chi connectivity index (χ1) is 10.3. The predicted molar refractivity (Wildman–Crippen MR) is 90.6 cm³/mol. The van der Waals surface area contributed by atoms with Crippen molar-refractivity contribution in [1.82, 2.24) is 5.32 Å². The molecule has 2 nitrogen and oxygen atoms in total. The monoisotopic (exact) mass is 286 g/mol. The fourth-order valence-electron chi connectivity index (χ4n) is 4.44. The number of benzene rings is 1. The van der Waals surface area contributed by atoms with Gasteiger partial charge in [-0.05, 0) is 75.1 Å². The molecule has 2 aliphatic carbocycles. The second kappa shape index (κ2) is 6.83. The Bertz CT molecular complexity index is 435. The van der Waals surface area contributed by atoms with Crippen molar-refractivity contribution in [3.63, 3.8) is 0 Å². The minimum absolute atomic E-state index is 0.957. The van der Waals surface area contributed by atoms with E-state index in [0.29, 0.717) is 0 Å². The highest BCUT2D eigenvalue weighted by molar-refractivity contribution is 5.47. The Morgan fingerprint density at radius 1 is 1.05 bits per heavy atom. The summed E-state index contributed by atoms with van der Waals surface area (Å²) in [4.78, 5) is 2.40. The highest BCUT2D eigenvalue weighted by Crippen LogP contribution is 2.47. The van der Waals surface area contributed by atoms with Gasteiger partial charge < -0.3 is 10.2 Å². The average molecular weight is 286 g/mol. The average Bonchev–Trinajstić information content (AvgIpc) is 3.13. The molecular weight excluding hydrogens is 256 g/mol. The smallest absolute Gasteiger partial charge is 0.0366 e. The largest absolute Gasteiger partial charge is 0.372 e. The number of nitrogens with one attached hydrogen (secondary N) is 1. The maximum Gasteiger partial charge on any atom is 0.0366 e. The molecule has 2 heteroatoms. The van der Waals surface area contributed by atoms with Crippen molar-refractivity contribution >= 4 is 5.69 Å². The van der Waals surface area contributed by atoms with Crippen molar-refractivity contribution in [2.75, 3.05) is 24.5 Å². The molecule has 0 radical (unpaired) electrons. The Morgan fingerprint density at radius 2 is 1.81 bits per heavy atom. The van der Waals surface area contributed by atoms with E-state index in [1.807, 2.05) is 0 Å². The number of rotatable bonds is 7. The van der Waals surface area contributed by atoms with Crippen LogP contribution in [0.4, 0.5) is 5.69 Å². The van der Waals surface area contributed by atoms with E-state index in [-0.39, 0.29) is 0 Å². The van der Waals surface area contributed by atoms with E-state index in [2.05, 4.69) is 48.3 Å². The standard InChI is InChI=1S/C19H30N2/c1-3-21(4-2)19-9-6-15(7-10-19)13-20-14-18-12-16-5-8-17(18)11-16/h6-7,9-10,16-18,20H,3-5,8,11-14H2,1-2H3. The highest BCUT2D eigenvalue weighted by atomic mass is 15.1. The Kier molecular flexibility index (Phi) is 4.84. The lowest BCUT2D eigenvalue weighted by Crippen LogP contribution is -2.26. The van der Waals surface area contributed by atoms with Crippen LogP contribution in [-0.4, -0.2) is 19.6 Å². The van der Waals surface area contributed by atoms with Gasteiger partial charge in [-0.25, -0.2) is 0 Å². The first kappa shape index (κ1) is 14.9. The molecule has 0 saturated heterocycles. The summed E-state index contributed by atoms with van der Waals surface area (Å²) < 4.78 is 0. The van der Waals surface area contributed by atoms with Crippen LogP contribution in [0.25, 0.3) is 0 Å². The van der Waals surface area contributed by atoms with Gasteiger partial charge in [0.25, 0.3) is 0 Å². The van der Waals surface area contributed by atoms with Gasteiger partial charge in [0, 0.05) is 25.3 Å². The van der Waals surface area contributed by atoms with E-state index < -0.39 is 0 Å². The second-order valence-corrected chi connectivity index (χ2v) is 6.90. The normalized spacial score (nSPS) is 27.2. The molecular formula is C19H30N2. The van der Waals surface area contributed by atoms with Crippen LogP contribution in [0.2, 0.25) is 0 Å². The van der Waals surface area contributed by atoms with E-state index in [9.17, 15) is 0 Å². The lowest BCUT2D eigenvalue weighted by molar-refractivity contribution is 0.318. The van der Waals surface area contributed by atoms with Gasteiger partial charge in [0.2, 0.25) is 0 Å². The minimum atomic E-state index is 0.957. The minimum Gasteiger partial charge on any atom is -0.372 e. The topological polar surface area (TPSA) is 15.3 Å². The first-order valence-corrected chi connectivity index (χ1v) is 8.84. The Labute approximate surface area is 129 Å². The van der Waals surface area contributed by atoms with Gasteiger partial charge in [0.15, 0.2) is 0 Å². The highest BCUT2D eigenvalue weighted by Gasteiger charge is 2.38. The van der Waals surface area contributed by atoms with Crippen molar-refractivity contribution in [2.24, 2.45) is 17.8 Å². The zero-order valence-electron chi connectivity index (χ0n) is 13.6. The molecule has 0 aliphatic heterocycles. The molecule has 116 valence electrons. The van der Waals surface area contributed by atoms with Gasteiger partial charge in [-0.15, -0.1) is 0 Å². The zero-order valence-corrected chi connectivity index (χ0v) is 13.6. The number of anilines is 1.